The summed E-state index contributed by atoms with van der Waals surface area (Å²) in [6.45, 7) is 5.21. The van der Waals surface area contributed by atoms with Crippen molar-refractivity contribution in [1.29, 1.82) is 0 Å². The van der Waals surface area contributed by atoms with E-state index in [9.17, 15) is 9.59 Å². The second-order valence-electron chi connectivity index (χ2n) is 7.23. The minimum absolute atomic E-state index is 0.0594. The second-order valence-corrected chi connectivity index (χ2v) is 7.23. The Kier molecular flexibility index (Phi) is 7.76. The van der Waals surface area contributed by atoms with Gasteiger partial charge in [0.1, 0.15) is 5.75 Å². The van der Waals surface area contributed by atoms with Crippen LogP contribution in [0.2, 0.25) is 0 Å². The number of pyridine rings is 1. The van der Waals surface area contributed by atoms with Crippen molar-refractivity contribution in [2.24, 2.45) is 0 Å². The van der Waals surface area contributed by atoms with Crippen LogP contribution in [0.1, 0.15) is 54.6 Å². The van der Waals surface area contributed by atoms with Crippen molar-refractivity contribution >= 4 is 11.7 Å². The average molecular weight is 396 g/mol. The molecule has 1 aromatic heterocycles. The minimum atomic E-state index is -0.0997. The lowest BCUT2D eigenvalue weighted by Crippen LogP contribution is -2.36. The number of nitrogens with zero attached hydrogens (tertiary/aromatic N) is 2. The molecule has 2 heterocycles. The van der Waals surface area contributed by atoms with Gasteiger partial charge in [-0.25, -0.2) is 0 Å². The third-order valence-electron chi connectivity index (χ3n) is 5.21. The fourth-order valence-corrected chi connectivity index (χ4v) is 3.66. The number of carbonyl (C=O) groups excluding carboxylic acids is 2. The summed E-state index contributed by atoms with van der Waals surface area (Å²) in [4.78, 5) is 30.9. The summed E-state index contributed by atoms with van der Waals surface area (Å²) in [6, 6.07) is 11.7. The van der Waals surface area contributed by atoms with Gasteiger partial charge in [-0.15, -0.1) is 0 Å². The summed E-state index contributed by atoms with van der Waals surface area (Å²) in [7, 11) is 0. The summed E-state index contributed by atoms with van der Waals surface area (Å²) in [5.74, 6) is 0.697. The molecule has 1 unspecified atom stereocenters. The van der Waals surface area contributed by atoms with Gasteiger partial charge in [0.25, 0.3) is 0 Å². The number of amides is 1. The monoisotopic (exact) mass is 395 g/mol. The molecule has 1 aliphatic heterocycles. The maximum atomic E-state index is 12.4. The van der Waals surface area contributed by atoms with E-state index < -0.39 is 0 Å². The molecule has 0 spiro atoms. The molecular weight excluding hydrogens is 366 g/mol. The predicted octanol–water partition coefficient (Wildman–Crippen LogP) is 3.40. The van der Waals surface area contributed by atoms with Gasteiger partial charge in [-0.3, -0.25) is 19.5 Å². The van der Waals surface area contributed by atoms with Crippen LogP contribution in [0.25, 0.3) is 0 Å². The van der Waals surface area contributed by atoms with E-state index >= 15 is 0 Å². The highest BCUT2D eigenvalue weighted by molar-refractivity contribution is 5.97. The third-order valence-corrected chi connectivity index (χ3v) is 5.21. The van der Waals surface area contributed by atoms with Gasteiger partial charge >= 0.3 is 0 Å². The number of rotatable bonds is 10. The molecule has 1 N–H and O–H groups in total. The van der Waals surface area contributed by atoms with E-state index in [1.807, 2.05) is 19.1 Å². The van der Waals surface area contributed by atoms with Crippen LogP contribution in [0.3, 0.4) is 0 Å². The Morgan fingerprint density at radius 1 is 1.14 bits per heavy atom. The van der Waals surface area contributed by atoms with Crippen molar-refractivity contribution in [3.8, 4) is 5.75 Å². The van der Waals surface area contributed by atoms with Crippen LogP contribution < -0.4 is 10.1 Å². The first-order valence-electron chi connectivity index (χ1n) is 10.3. The summed E-state index contributed by atoms with van der Waals surface area (Å²) in [5.41, 5.74) is 1.71. The number of aromatic nitrogens is 1. The van der Waals surface area contributed by atoms with E-state index in [0.29, 0.717) is 18.7 Å². The third kappa shape index (κ3) is 6.12. The fraction of sp³-hybridized carbons (Fsp3) is 0.435. The van der Waals surface area contributed by atoms with Crippen molar-refractivity contribution in [3.05, 3.63) is 59.9 Å². The van der Waals surface area contributed by atoms with Crippen LogP contribution in [-0.2, 0) is 4.79 Å². The molecule has 154 valence electrons. The molecule has 0 saturated carbocycles. The first-order valence-corrected chi connectivity index (χ1v) is 10.3. The van der Waals surface area contributed by atoms with Crippen molar-refractivity contribution < 1.29 is 14.3 Å². The molecule has 2 aromatic rings. The highest BCUT2D eigenvalue weighted by Crippen LogP contribution is 2.26. The lowest BCUT2D eigenvalue weighted by molar-refractivity contribution is -0.121. The normalized spacial score (nSPS) is 15.1. The predicted molar refractivity (Wildman–Crippen MR) is 112 cm³/mol. The van der Waals surface area contributed by atoms with Crippen LogP contribution in [0.5, 0.6) is 5.75 Å². The molecular formula is C23H29N3O3. The van der Waals surface area contributed by atoms with E-state index in [0.717, 1.165) is 18.8 Å². The van der Waals surface area contributed by atoms with Crippen molar-refractivity contribution in [2.45, 2.75) is 38.6 Å². The average Bonchev–Trinajstić information content (AvgIpc) is 3.29. The first-order chi connectivity index (χ1) is 14.2. The van der Waals surface area contributed by atoms with Gasteiger partial charge < -0.3 is 10.1 Å². The molecule has 0 radical (unpaired) electrons. The van der Waals surface area contributed by atoms with E-state index in [-0.39, 0.29) is 30.6 Å². The zero-order valence-electron chi connectivity index (χ0n) is 17.0. The largest absolute Gasteiger partial charge is 0.494 e. The molecule has 29 heavy (non-hydrogen) atoms. The molecule has 1 saturated heterocycles. The van der Waals surface area contributed by atoms with Crippen molar-refractivity contribution in [2.75, 3.05) is 26.2 Å². The van der Waals surface area contributed by atoms with Gasteiger partial charge in [0, 0.05) is 37.3 Å². The first kappa shape index (κ1) is 21.0. The molecule has 1 atom stereocenters. The number of ketones is 1. The quantitative estimate of drug-likeness (QED) is 0.625. The summed E-state index contributed by atoms with van der Waals surface area (Å²) >= 11 is 0. The maximum absolute atomic E-state index is 12.4. The number of Topliss-reactive ketones (excluding diaryl/α,β-unsaturated/α-hetero) is 1. The van der Waals surface area contributed by atoms with Crippen LogP contribution in [-0.4, -0.2) is 47.8 Å². The molecule has 1 aliphatic rings. The second kappa shape index (κ2) is 10.7. The van der Waals surface area contributed by atoms with Crippen molar-refractivity contribution in [1.82, 2.24) is 15.2 Å². The molecule has 0 bridgehead atoms. The number of carbonyl (C=O) groups is 2. The van der Waals surface area contributed by atoms with E-state index in [1.165, 1.54) is 24.6 Å². The highest BCUT2D eigenvalue weighted by Gasteiger charge is 2.24. The van der Waals surface area contributed by atoms with E-state index in [4.69, 9.17) is 4.74 Å². The Labute approximate surface area is 172 Å². The van der Waals surface area contributed by atoms with Gasteiger partial charge in [-0.05, 0) is 62.7 Å². The molecule has 6 heteroatoms. The highest BCUT2D eigenvalue weighted by atomic mass is 16.5. The number of ether oxygens (including phenoxy) is 1. The molecule has 3 rings (SSSR count). The van der Waals surface area contributed by atoms with Gasteiger partial charge in [0.15, 0.2) is 5.78 Å². The fourth-order valence-electron chi connectivity index (χ4n) is 3.66. The van der Waals surface area contributed by atoms with Crippen molar-refractivity contribution in [3.63, 3.8) is 0 Å². The maximum Gasteiger partial charge on any atom is 0.220 e. The Morgan fingerprint density at radius 2 is 1.90 bits per heavy atom. The Morgan fingerprint density at radius 3 is 2.55 bits per heavy atom. The van der Waals surface area contributed by atoms with E-state index in [1.54, 1.807) is 18.3 Å². The Hall–Kier alpha value is -2.73. The van der Waals surface area contributed by atoms with Gasteiger partial charge in [0.2, 0.25) is 5.91 Å². The van der Waals surface area contributed by atoms with E-state index in [2.05, 4.69) is 27.3 Å². The number of likely N-dealkylation sites (tertiary alicyclic amines) is 1. The Balaban J connectivity index is 1.55. The zero-order chi connectivity index (χ0) is 20.5. The molecule has 1 amide bonds. The minimum Gasteiger partial charge on any atom is -0.494 e. The molecule has 0 aliphatic carbocycles. The molecule has 1 aromatic carbocycles. The van der Waals surface area contributed by atoms with Crippen LogP contribution in [0.4, 0.5) is 0 Å². The topological polar surface area (TPSA) is 71.5 Å². The molecule has 6 nitrogen and oxygen atoms in total. The zero-order valence-corrected chi connectivity index (χ0v) is 17.0. The lowest BCUT2D eigenvalue weighted by Gasteiger charge is -2.28. The summed E-state index contributed by atoms with van der Waals surface area (Å²) < 4.78 is 5.54. The number of benzene rings is 1. The van der Waals surface area contributed by atoms with Gasteiger partial charge in [0.05, 0.1) is 12.6 Å². The van der Waals surface area contributed by atoms with Gasteiger partial charge in [-0.2, -0.15) is 0 Å². The molecule has 1 fully saturated rings. The summed E-state index contributed by atoms with van der Waals surface area (Å²) in [6.07, 6.45) is 5.90. The standard InChI is InChI=1S/C23H29N3O3/c1-2-29-20-9-7-18(8-10-20)21(26-14-3-4-15-26)17-25-23(28)12-11-22(27)19-6-5-13-24-16-19/h5-10,13,16,21H,2-4,11-12,14-15,17H2,1H3,(H,25,28). The summed E-state index contributed by atoms with van der Waals surface area (Å²) in [5, 5.41) is 3.03. The lowest BCUT2D eigenvalue weighted by atomic mass is 10.0. The smallest absolute Gasteiger partial charge is 0.220 e. The number of hydrogen-bond acceptors (Lipinski definition) is 5. The Bertz CT molecular complexity index is 787. The number of nitrogens with one attached hydrogen (secondary N) is 1. The SMILES string of the molecule is CCOc1ccc(C(CNC(=O)CCC(=O)c2cccnc2)N2CCCC2)cc1. The van der Waals surface area contributed by atoms with Crippen LogP contribution >= 0.6 is 0 Å². The number of hydrogen-bond donors (Lipinski definition) is 1. The van der Waals surface area contributed by atoms with Crippen LogP contribution in [0, 0.1) is 0 Å². The van der Waals surface area contributed by atoms with Crippen LogP contribution in [0.15, 0.2) is 48.8 Å². The van der Waals surface area contributed by atoms with Gasteiger partial charge in [-0.1, -0.05) is 12.1 Å².